The van der Waals surface area contributed by atoms with E-state index in [1.165, 1.54) is 19.3 Å². The lowest BCUT2D eigenvalue weighted by Gasteiger charge is -1.98. The van der Waals surface area contributed by atoms with Crippen LogP contribution in [-0.4, -0.2) is 11.5 Å². The van der Waals surface area contributed by atoms with E-state index in [-0.39, 0.29) is 0 Å². The zero-order valence-electron chi connectivity index (χ0n) is 9.44. The summed E-state index contributed by atoms with van der Waals surface area (Å²) in [7, 11) is 0. The maximum Gasteiger partial charge on any atom is 0.142 e. The smallest absolute Gasteiger partial charge is 0.142 e. The van der Waals surface area contributed by atoms with E-state index < -0.39 is 0 Å². The lowest BCUT2D eigenvalue weighted by molar-refractivity contribution is 0.131. The molecule has 0 N–H and O–H groups in total. The van der Waals surface area contributed by atoms with E-state index >= 15 is 0 Å². The Bertz CT molecular complexity index is 287. The standard InChI is InChI=1S/C13H18BrNO/c14-10-6-1-2-7-11-15-16-12-13-8-4-3-5-9-13/h3-5,8-9,11H,1-2,6-7,10,12H2/b15-11+. The van der Waals surface area contributed by atoms with Crippen molar-refractivity contribution in [2.45, 2.75) is 32.3 Å². The van der Waals surface area contributed by atoms with E-state index in [1.807, 2.05) is 36.5 Å². The average Bonchev–Trinajstić information content (AvgIpc) is 2.34. The van der Waals surface area contributed by atoms with Crippen LogP contribution in [0.1, 0.15) is 31.2 Å². The van der Waals surface area contributed by atoms with Crippen molar-refractivity contribution in [2.24, 2.45) is 5.16 Å². The molecule has 0 aliphatic rings. The molecule has 0 aliphatic heterocycles. The van der Waals surface area contributed by atoms with Gasteiger partial charge in [-0.3, -0.25) is 0 Å². The summed E-state index contributed by atoms with van der Waals surface area (Å²) < 4.78 is 0. The largest absolute Gasteiger partial charge is 0.391 e. The third-order valence-corrected chi connectivity index (χ3v) is 2.75. The van der Waals surface area contributed by atoms with Gasteiger partial charge in [-0.1, -0.05) is 57.8 Å². The monoisotopic (exact) mass is 283 g/mol. The first-order valence-electron chi connectivity index (χ1n) is 5.67. The number of oxime groups is 1. The topological polar surface area (TPSA) is 21.6 Å². The number of nitrogens with zero attached hydrogens (tertiary/aromatic N) is 1. The van der Waals surface area contributed by atoms with Crippen molar-refractivity contribution in [3.63, 3.8) is 0 Å². The number of hydrogen-bond donors (Lipinski definition) is 0. The summed E-state index contributed by atoms with van der Waals surface area (Å²) in [6, 6.07) is 10.1. The number of hydrogen-bond acceptors (Lipinski definition) is 2. The molecule has 0 unspecified atom stereocenters. The van der Waals surface area contributed by atoms with Crippen LogP contribution in [0.3, 0.4) is 0 Å². The normalized spacial score (nSPS) is 10.8. The molecule has 0 saturated carbocycles. The molecule has 0 heterocycles. The molecule has 0 aromatic heterocycles. The molecule has 0 radical (unpaired) electrons. The van der Waals surface area contributed by atoms with Gasteiger partial charge in [-0.15, -0.1) is 0 Å². The molecule has 0 atom stereocenters. The third kappa shape index (κ3) is 6.62. The molecular weight excluding hydrogens is 266 g/mol. The summed E-state index contributed by atoms with van der Waals surface area (Å²) in [5.74, 6) is 0. The van der Waals surface area contributed by atoms with Crippen molar-refractivity contribution in [2.75, 3.05) is 5.33 Å². The van der Waals surface area contributed by atoms with Gasteiger partial charge in [0, 0.05) is 11.5 Å². The molecule has 2 nitrogen and oxygen atoms in total. The van der Waals surface area contributed by atoms with Crippen molar-refractivity contribution in [3.05, 3.63) is 35.9 Å². The number of benzene rings is 1. The highest BCUT2D eigenvalue weighted by atomic mass is 79.9. The Kier molecular flexibility index (Phi) is 7.78. The van der Waals surface area contributed by atoms with E-state index in [0.29, 0.717) is 6.61 Å². The SMILES string of the molecule is BrCCCCC/C=N/OCc1ccccc1. The van der Waals surface area contributed by atoms with Crippen LogP contribution in [0.5, 0.6) is 0 Å². The molecule has 3 heteroatoms. The lowest BCUT2D eigenvalue weighted by atomic mass is 10.2. The van der Waals surface area contributed by atoms with Gasteiger partial charge in [0.25, 0.3) is 0 Å². The molecule has 0 saturated heterocycles. The second-order valence-electron chi connectivity index (χ2n) is 3.59. The van der Waals surface area contributed by atoms with Crippen molar-refractivity contribution in [3.8, 4) is 0 Å². The fourth-order valence-electron chi connectivity index (χ4n) is 1.30. The van der Waals surface area contributed by atoms with Gasteiger partial charge >= 0.3 is 0 Å². The fourth-order valence-corrected chi connectivity index (χ4v) is 1.69. The van der Waals surface area contributed by atoms with E-state index in [9.17, 15) is 0 Å². The summed E-state index contributed by atoms with van der Waals surface area (Å²) in [5.41, 5.74) is 1.15. The van der Waals surface area contributed by atoms with Crippen LogP contribution in [0.4, 0.5) is 0 Å². The molecular formula is C13H18BrNO. The maximum atomic E-state index is 5.19. The summed E-state index contributed by atoms with van der Waals surface area (Å²) >= 11 is 3.41. The second-order valence-corrected chi connectivity index (χ2v) is 4.38. The van der Waals surface area contributed by atoms with Crippen LogP contribution in [0.15, 0.2) is 35.5 Å². The van der Waals surface area contributed by atoms with Gasteiger partial charge in [0.1, 0.15) is 6.61 Å². The van der Waals surface area contributed by atoms with E-state index in [4.69, 9.17) is 4.84 Å². The summed E-state index contributed by atoms with van der Waals surface area (Å²) in [6.07, 6.45) is 6.53. The molecule has 0 bridgehead atoms. The van der Waals surface area contributed by atoms with Crippen LogP contribution >= 0.6 is 15.9 Å². The quantitative estimate of drug-likeness (QED) is 0.304. The van der Waals surface area contributed by atoms with Crippen LogP contribution in [0.2, 0.25) is 0 Å². The molecule has 1 rings (SSSR count). The van der Waals surface area contributed by atoms with E-state index in [2.05, 4.69) is 21.1 Å². The predicted octanol–water partition coefficient (Wildman–Crippen LogP) is 4.14. The predicted molar refractivity (Wildman–Crippen MR) is 72.0 cm³/mol. The molecule has 0 fully saturated rings. The van der Waals surface area contributed by atoms with Gasteiger partial charge in [0.2, 0.25) is 0 Å². The Hall–Kier alpha value is -0.830. The number of halogens is 1. The number of alkyl halides is 1. The second kappa shape index (κ2) is 9.40. The number of rotatable bonds is 8. The molecule has 1 aromatic rings. The number of unbranched alkanes of at least 4 members (excludes halogenated alkanes) is 3. The summed E-state index contributed by atoms with van der Waals surface area (Å²) in [4.78, 5) is 5.19. The fraction of sp³-hybridized carbons (Fsp3) is 0.462. The summed E-state index contributed by atoms with van der Waals surface area (Å²) in [6.45, 7) is 0.554. The minimum absolute atomic E-state index is 0.554. The van der Waals surface area contributed by atoms with Crippen LogP contribution in [0.25, 0.3) is 0 Å². The third-order valence-electron chi connectivity index (χ3n) is 2.19. The van der Waals surface area contributed by atoms with Gasteiger partial charge in [-0.05, 0) is 24.8 Å². The van der Waals surface area contributed by atoms with Gasteiger partial charge < -0.3 is 4.84 Å². The van der Waals surface area contributed by atoms with Crippen molar-refractivity contribution >= 4 is 22.1 Å². The van der Waals surface area contributed by atoms with E-state index in [1.54, 1.807) is 0 Å². The zero-order chi connectivity index (χ0) is 11.5. The van der Waals surface area contributed by atoms with Crippen LogP contribution in [-0.2, 0) is 11.4 Å². The highest BCUT2D eigenvalue weighted by Gasteiger charge is 1.89. The minimum Gasteiger partial charge on any atom is -0.391 e. The Morgan fingerprint density at radius 3 is 2.69 bits per heavy atom. The molecule has 0 spiro atoms. The Balaban J connectivity index is 2.00. The zero-order valence-corrected chi connectivity index (χ0v) is 11.0. The van der Waals surface area contributed by atoms with Crippen molar-refractivity contribution in [1.29, 1.82) is 0 Å². The lowest BCUT2D eigenvalue weighted by Crippen LogP contribution is -1.87. The van der Waals surface area contributed by atoms with Crippen molar-refractivity contribution in [1.82, 2.24) is 0 Å². The maximum absolute atomic E-state index is 5.19. The van der Waals surface area contributed by atoms with Gasteiger partial charge in [-0.2, -0.15) is 0 Å². The molecule has 0 amide bonds. The van der Waals surface area contributed by atoms with Gasteiger partial charge in [0.15, 0.2) is 0 Å². The highest BCUT2D eigenvalue weighted by Crippen LogP contribution is 2.02. The first kappa shape index (κ1) is 13.2. The average molecular weight is 284 g/mol. The minimum atomic E-state index is 0.554. The first-order chi connectivity index (χ1) is 7.93. The Labute approximate surface area is 106 Å². The highest BCUT2D eigenvalue weighted by molar-refractivity contribution is 9.09. The Morgan fingerprint density at radius 2 is 1.94 bits per heavy atom. The van der Waals surface area contributed by atoms with Crippen LogP contribution in [0, 0.1) is 0 Å². The Morgan fingerprint density at radius 1 is 1.12 bits per heavy atom. The van der Waals surface area contributed by atoms with Crippen molar-refractivity contribution < 1.29 is 4.84 Å². The molecule has 1 aromatic carbocycles. The molecule has 88 valence electrons. The van der Waals surface area contributed by atoms with E-state index in [0.717, 1.165) is 17.3 Å². The van der Waals surface area contributed by atoms with Gasteiger partial charge in [-0.25, -0.2) is 0 Å². The summed E-state index contributed by atoms with van der Waals surface area (Å²) in [5, 5.41) is 5.02. The molecule has 0 aliphatic carbocycles. The van der Waals surface area contributed by atoms with Crippen LogP contribution < -0.4 is 0 Å². The first-order valence-corrected chi connectivity index (χ1v) is 6.79. The van der Waals surface area contributed by atoms with Gasteiger partial charge in [0.05, 0.1) is 0 Å². The molecule has 16 heavy (non-hydrogen) atoms.